The first-order valence-electron chi connectivity index (χ1n) is 5.27. The Bertz CT molecular complexity index is 294. The van der Waals surface area contributed by atoms with Crippen LogP contribution in [0.15, 0.2) is 12.4 Å². The Morgan fingerprint density at radius 3 is 2.93 bits per heavy atom. The summed E-state index contributed by atoms with van der Waals surface area (Å²) in [5.41, 5.74) is 6.05. The molecule has 0 spiro atoms. The first-order chi connectivity index (χ1) is 6.77. The van der Waals surface area contributed by atoms with Crippen molar-refractivity contribution in [3.63, 3.8) is 0 Å². The summed E-state index contributed by atoms with van der Waals surface area (Å²) in [5, 5.41) is 3.41. The number of hydrogen-bond acceptors (Lipinski definition) is 3. The first kappa shape index (κ1) is 9.52. The maximum absolute atomic E-state index is 6.05. The topological polar surface area (TPSA) is 55.9 Å². The lowest BCUT2D eigenvalue weighted by atomic mass is 9.91. The molecule has 4 nitrogen and oxygen atoms in total. The number of nitrogens with one attached hydrogen (secondary N) is 1. The van der Waals surface area contributed by atoms with Crippen molar-refractivity contribution in [2.45, 2.75) is 37.8 Å². The summed E-state index contributed by atoms with van der Waals surface area (Å²) in [6.07, 6.45) is 8.57. The van der Waals surface area contributed by atoms with Crippen molar-refractivity contribution in [3.8, 4) is 0 Å². The molecule has 0 radical (unpaired) electrons. The van der Waals surface area contributed by atoms with Crippen molar-refractivity contribution in [2.24, 2.45) is 12.8 Å². The van der Waals surface area contributed by atoms with Gasteiger partial charge in [0.1, 0.15) is 0 Å². The van der Waals surface area contributed by atoms with Gasteiger partial charge in [-0.3, -0.25) is 0 Å². The zero-order chi connectivity index (χ0) is 9.97. The van der Waals surface area contributed by atoms with E-state index in [4.69, 9.17) is 5.73 Å². The Morgan fingerprint density at radius 1 is 1.50 bits per heavy atom. The fourth-order valence-corrected chi connectivity index (χ4v) is 2.01. The van der Waals surface area contributed by atoms with Gasteiger partial charge in [-0.15, -0.1) is 0 Å². The van der Waals surface area contributed by atoms with E-state index >= 15 is 0 Å². The van der Waals surface area contributed by atoms with Crippen LogP contribution in [0.1, 0.15) is 25.7 Å². The normalized spacial score (nSPS) is 27.6. The third-order valence-corrected chi connectivity index (χ3v) is 2.96. The van der Waals surface area contributed by atoms with Gasteiger partial charge in [0, 0.05) is 31.5 Å². The van der Waals surface area contributed by atoms with Gasteiger partial charge in [-0.1, -0.05) is 12.8 Å². The van der Waals surface area contributed by atoms with Crippen molar-refractivity contribution in [3.05, 3.63) is 12.4 Å². The molecule has 1 aliphatic rings. The predicted octanol–water partition coefficient (Wildman–Crippen LogP) is 1.10. The van der Waals surface area contributed by atoms with Gasteiger partial charge < -0.3 is 15.6 Å². The molecule has 0 saturated heterocycles. The molecule has 1 aromatic rings. The van der Waals surface area contributed by atoms with E-state index in [0.29, 0.717) is 6.04 Å². The minimum Gasteiger partial charge on any atom is -0.351 e. The highest BCUT2D eigenvalue weighted by molar-refractivity contribution is 5.28. The monoisotopic (exact) mass is 194 g/mol. The molecule has 1 saturated carbocycles. The van der Waals surface area contributed by atoms with Crippen LogP contribution in [0.25, 0.3) is 0 Å². The summed E-state index contributed by atoms with van der Waals surface area (Å²) >= 11 is 0. The fraction of sp³-hybridized carbons (Fsp3) is 0.700. The maximum atomic E-state index is 6.05. The quantitative estimate of drug-likeness (QED) is 0.741. The Balaban J connectivity index is 1.99. The van der Waals surface area contributed by atoms with E-state index < -0.39 is 0 Å². The molecule has 1 fully saturated rings. The van der Waals surface area contributed by atoms with Gasteiger partial charge in [0.15, 0.2) is 0 Å². The van der Waals surface area contributed by atoms with E-state index in [-0.39, 0.29) is 6.04 Å². The van der Waals surface area contributed by atoms with Gasteiger partial charge in [0.2, 0.25) is 5.95 Å². The average molecular weight is 194 g/mol. The lowest BCUT2D eigenvalue weighted by Gasteiger charge is -2.29. The SMILES string of the molecule is Cn1ccnc1NC1CCCCC1N. The Labute approximate surface area is 84.5 Å². The molecule has 2 unspecified atom stereocenters. The Kier molecular flexibility index (Phi) is 2.72. The van der Waals surface area contributed by atoms with Gasteiger partial charge in [0.05, 0.1) is 0 Å². The van der Waals surface area contributed by atoms with Gasteiger partial charge in [-0.25, -0.2) is 4.98 Å². The smallest absolute Gasteiger partial charge is 0.202 e. The second-order valence-corrected chi connectivity index (χ2v) is 4.06. The average Bonchev–Trinajstić information content (AvgIpc) is 2.56. The largest absolute Gasteiger partial charge is 0.351 e. The van der Waals surface area contributed by atoms with Gasteiger partial charge in [-0.2, -0.15) is 0 Å². The molecular weight excluding hydrogens is 176 g/mol. The molecule has 2 atom stereocenters. The lowest BCUT2D eigenvalue weighted by molar-refractivity contribution is 0.402. The Morgan fingerprint density at radius 2 is 2.29 bits per heavy atom. The predicted molar refractivity (Wildman–Crippen MR) is 57.1 cm³/mol. The molecule has 1 heterocycles. The van der Waals surface area contributed by atoms with E-state index in [1.807, 2.05) is 17.8 Å². The van der Waals surface area contributed by atoms with E-state index in [1.165, 1.54) is 12.8 Å². The summed E-state index contributed by atoms with van der Waals surface area (Å²) in [6.45, 7) is 0. The summed E-state index contributed by atoms with van der Waals surface area (Å²) < 4.78 is 1.99. The third-order valence-electron chi connectivity index (χ3n) is 2.96. The minimum atomic E-state index is 0.278. The minimum absolute atomic E-state index is 0.278. The summed E-state index contributed by atoms with van der Waals surface area (Å²) in [5.74, 6) is 0.923. The van der Waals surface area contributed by atoms with Crippen molar-refractivity contribution < 1.29 is 0 Å². The van der Waals surface area contributed by atoms with Crippen LogP contribution in [0.5, 0.6) is 0 Å². The van der Waals surface area contributed by atoms with Gasteiger partial charge >= 0.3 is 0 Å². The van der Waals surface area contributed by atoms with Crippen LogP contribution in [-0.4, -0.2) is 21.6 Å². The van der Waals surface area contributed by atoms with Crippen LogP contribution < -0.4 is 11.1 Å². The number of aromatic nitrogens is 2. The molecule has 0 bridgehead atoms. The number of aryl methyl sites for hydroxylation is 1. The lowest BCUT2D eigenvalue weighted by Crippen LogP contribution is -2.43. The van der Waals surface area contributed by atoms with Crippen molar-refractivity contribution in [1.82, 2.24) is 9.55 Å². The second kappa shape index (κ2) is 4.00. The number of rotatable bonds is 2. The number of nitrogens with two attached hydrogens (primary N) is 1. The molecule has 0 aromatic carbocycles. The highest BCUT2D eigenvalue weighted by Crippen LogP contribution is 2.19. The highest BCUT2D eigenvalue weighted by Gasteiger charge is 2.22. The van der Waals surface area contributed by atoms with Crippen LogP contribution in [0, 0.1) is 0 Å². The van der Waals surface area contributed by atoms with E-state index in [1.54, 1.807) is 6.20 Å². The van der Waals surface area contributed by atoms with E-state index in [9.17, 15) is 0 Å². The molecule has 0 aliphatic heterocycles. The van der Waals surface area contributed by atoms with Crippen LogP contribution in [0.2, 0.25) is 0 Å². The van der Waals surface area contributed by atoms with E-state index in [2.05, 4.69) is 10.3 Å². The molecule has 1 aliphatic carbocycles. The molecule has 0 amide bonds. The maximum Gasteiger partial charge on any atom is 0.202 e. The summed E-state index contributed by atoms with van der Waals surface area (Å²) in [7, 11) is 1.99. The van der Waals surface area contributed by atoms with Crippen molar-refractivity contribution >= 4 is 5.95 Å². The first-order valence-corrected chi connectivity index (χ1v) is 5.27. The fourth-order valence-electron chi connectivity index (χ4n) is 2.01. The third kappa shape index (κ3) is 1.90. The molecule has 1 aromatic heterocycles. The second-order valence-electron chi connectivity index (χ2n) is 4.06. The van der Waals surface area contributed by atoms with Crippen molar-refractivity contribution in [1.29, 1.82) is 0 Å². The van der Waals surface area contributed by atoms with Crippen LogP contribution in [-0.2, 0) is 7.05 Å². The number of anilines is 1. The highest BCUT2D eigenvalue weighted by atomic mass is 15.2. The molecule has 2 rings (SSSR count). The number of hydrogen-bond donors (Lipinski definition) is 2. The molecule has 3 N–H and O–H groups in total. The zero-order valence-corrected chi connectivity index (χ0v) is 8.61. The summed E-state index contributed by atoms with van der Waals surface area (Å²) in [4.78, 5) is 4.24. The standard InChI is InChI=1S/C10H18N4/c1-14-7-6-12-10(14)13-9-5-3-2-4-8(9)11/h6-9H,2-5,11H2,1H3,(H,12,13). The number of imidazole rings is 1. The van der Waals surface area contributed by atoms with Crippen molar-refractivity contribution in [2.75, 3.05) is 5.32 Å². The molecular formula is C10H18N4. The molecule has 4 heteroatoms. The molecule has 14 heavy (non-hydrogen) atoms. The van der Waals surface area contributed by atoms with Crippen LogP contribution in [0.4, 0.5) is 5.95 Å². The number of nitrogens with zero attached hydrogens (tertiary/aromatic N) is 2. The zero-order valence-electron chi connectivity index (χ0n) is 8.61. The van der Waals surface area contributed by atoms with Crippen LogP contribution in [0.3, 0.4) is 0 Å². The summed E-state index contributed by atoms with van der Waals surface area (Å²) in [6, 6.07) is 0.672. The van der Waals surface area contributed by atoms with E-state index in [0.717, 1.165) is 18.8 Å². The molecule has 78 valence electrons. The van der Waals surface area contributed by atoms with Gasteiger partial charge in [-0.05, 0) is 12.8 Å². The Hall–Kier alpha value is -1.03. The van der Waals surface area contributed by atoms with Crippen LogP contribution >= 0.6 is 0 Å². The van der Waals surface area contributed by atoms with Gasteiger partial charge in [0.25, 0.3) is 0 Å².